The molecule has 1 unspecified atom stereocenters. The van der Waals surface area contributed by atoms with E-state index < -0.39 is 17.5 Å². The molecule has 0 aromatic heterocycles. The lowest BCUT2D eigenvalue weighted by atomic mass is 9.49. The van der Waals surface area contributed by atoms with Gasteiger partial charge in [0.1, 0.15) is 0 Å². The standard InChI is InChI=1S/C29H44O3/c1-17(2)8-7-9-18(3)20-10-11-21-22-12-13-25-28(5,24(22)16-23(21)19(20)4)15-14-26(30)29(25,6)27(31)32/h8,18,20-21,23,25-26,30H,4,7,9-16H2,1-3,5-6H3,(H,31,32)/t18-,20-,21+,23+,25?,26+,28-,29+/m1/s1. The quantitative estimate of drug-likeness (QED) is 0.456. The molecule has 4 rings (SSSR count). The molecule has 178 valence electrons. The molecule has 8 atom stereocenters. The van der Waals surface area contributed by atoms with Gasteiger partial charge in [-0.15, -0.1) is 0 Å². The Balaban J connectivity index is 1.55. The average Bonchev–Trinajstić information content (AvgIpc) is 3.12. The molecule has 4 aliphatic carbocycles. The van der Waals surface area contributed by atoms with Crippen LogP contribution in [0.2, 0.25) is 0 Å². The van der Waals surface area contributed by atoms with E-state index in [0.29, 0.717) is 30.1 Å². The Labute approximate surface area is 195 Å². The first-order valence-electron chi connectivity index (χ1n) is 13.0. The molecule has 0 radical (unpaired) electrons. The van der Waals surface area contributed by atoms with Crippen molar-refractivity contribution < 1.29 is 15.0 Å². The molecule has 3 heteroatoms. The van der Waals surface area contributed by atoms with Crippen LogP contribution in [0.4, 0.5) is 0 Å². The van der Waals surface area contributed by atoms with Gasteiger partial charge in [0.2, 0.25) is 0 Å². The molecule has 0 aromatic rings. The summed E-state index contributed by atoms with van der Waals surface area (Å²) in [6.07, 6.45) is 11.0. The third-order valence-corrected chi connectivity index (χ3v) is 10.3. The van der Waals surface area contributed by atoms with Gasteiger partial charge in [0.25, 0.3) is 0 Å². The first-order chi connectivity index (χ1) is 15.0. The minimum absolute atomic E-state index is 0.0159. The van der Waals surface area contributed by atoms with Crippen LogP contribution >= 0.6 is 0 Å². The largest absolute Gasteiger partial charge is 0.481 e. The van der Waals surface area contributed by atoms with Gasteiger partial charge in [-0.3, -0.25) is 4.79 Å². The summed E-state index contributed by atoms with van der Waals surface area (Å²) in [4.78, 5) is 12.3. The fourth-order valence-electron chi connectivity index (χ4n) is 8.34. The number of carbonyl (C=O) groups is 1. The highest BCUT2D eigenvalue weighted by Gasteiger charge is 2.61. The number of aliphatic hydroxyl groups is 1. The molecule has 0 bridgehead atoms. The molecule has 0 amide bonds. The van der Waals surface area contributed by atoms with Crippen LogP contribution in [0.25, 0.3) is 0 Å². The fraction of sp³-hybridized carbons (Fsp3) is 0.759. The smallest absolute Gasteiger partial charge is 0.312 e. The van der Waals surface area contributed by atoms with Gasteiger partial charge in [0.05, 0.1) is 11.5 Å². The second kappa shape index (κ2) is 8.46. The van der Waals surface area contributed by atoms with E-state index in [1.165, 1.54) is 30.4 Å². The molecule has 2 saturated carbocycles. The third-order valence-electron chi connectivity index (χ3n) is 10.3. The van der Waals surface area contributed by atoms with E-state index in [1.54, 1.807) is 18.1 Å². The maximum atomic E-state index is 12.3. The summed E-state index contributed by atoms with van der Waals surface area (Å²) in [5.41, 5.74) is 4.94. The zero-order valence-electron chi connectivity index (χ0n) is 20.9. The van der Waals surface area contributed by atoms with Crippen molar-refractivity contribution in [2.24, 2.45) is 40.4 Å². The minimum atomic E-state index is -1.04. The molecule has 3 nitrogen and oxygen atoms in total. The van der Waals surface area contributed by atoms with Crippen LogP contribution in [-0.2, 0) is 4.79 Å². The van der Waals surface area contributed by atoms with E-state index in [4.69, 9.17) is 0 Å². The number of carboxylic acids is 1. The second-order valence-corrected chi connectivity index (χ2v) is 12.2. The topological polar surface area (TPSA) is 57.5 Å². The number of hydrogen-bond donors (Lipinski definition) is 2. The zero-order valence-corrected chi connectivity index (χ0v) is 20.9. The number of allylic oxidation sites excluding steroid dienone is 5. The fourth-order valence-corrected chi connectivity index (χ4v) is 8.34. The Morgan fingerprint density at radius 1 is 1.19 bits per heavy atom. The Morgan fingerprint density at radius 2 is 1.91 bits per heavy atom. The monoisotopic (exact) mass is 440 g/mol. The van der Waals surface area contributed by atoms with Crippen molar-refractivity contribution in [3.63, 3.8) is 0 Å². The maximum Gasteiger partial charge on any atom is 0.312 e. The predicted molar refractivity (Wildman–Crippen MR) is 130 cm³/mol. The van der Waals surface area contributed by atoms with E-state index in [2.05, 4.69) is 40.3 Å². The maximum absolute atomic E-state index is 12.3. The summed E-state index contributed by atoms with van der Waals surface area (Å²) in [6.45, 7) is 15.6. The molecule has 0 aromatic carbocycles. The highest BCUT2D eigenvalue weighted by Crippen LogP contribution is 2.66. The summed E-state index contributed by atoms with van der Waals surface area (Å²) < 4.78 is 0. The average molecular weight is 441 g/mol. The molecule has 0 spiro atoms. The summed E-state index contributed by atoms with van der Waals surface area (Å²) in [5, 5.41) is 20.8. The first kappa shape index (κ1) is 23.8. The van der Waals surface area contributed by atoms with Crippen LogP contribution < -0.4 is 0 Å². The summed E-state index contributed by atoms with van der Waals surface area (Å²) >= 11 is 0. The normalized spacial score (nSPS) is 42.1. The predicted octanol–water partition coefficient (Wildman–Crippen LogP) is 6.93. The molecule has 32 heavy (non-hydrogen) atoms. The van der Waals surface area contributed by atoms with E-state index in [-0.39, 0.29) is 11.3 Å². The SMILES string of the molecule is C=C1[C@@H]([C@H](C)CCC=C(C)C)CC[C@H]2C3=C(C[C@@H]12)[C@@]1(C)CC[C@H](O)[C@@](C)(C(=O)O)C1CC3. The van der Waals surface area contributed by atoms with Crippen molar-refractivity contribution in [2.45, 2.75) is 98.5 Å². The summed E-state index contributed by atoms with van der Waals surface area (Å²) in [5.74, 6) is 1.64. The van der Waals surface area contributed by atoms with Crippen LogP contribution in [0.1, 0.15) is 92.4 Å². The van der Waals surface area contributed by atoms with Crippen LogP contribution in [0.15, 0.2) is 34.9 Å². The molecular formula is C29H44O3. The number of carboxylic acid groups (broad SMARTS) is 1. The van der Waals surface area contributed by atoms with E-state index in [9.17, 15) is 15.0 Å². The Kier molecular flexibility index (Phi) is 6.29. The first-order valence-corrected chi connectivity index (χ1v) is 13.0. The van der Waals surface area contributed by atoms with Gasteiger partial charge in [0, 0.05) is 0 Å². The molecule has 0 heterocycles. The number of rotatable bonds is 5. The van der Waals surface area contributed by atoms with Crippen molar-refractivity contribution in [1.82, 2.24) is 0 Å². The van der Waals surface area contributed by atoms with Crippen molar-refractivity contribution in [3.05, 3.63) is 34.9 Å². The minimum Gasteiger partial charge on any atom is -0.481 e. The van der Waals surface area contributed by atoms with E-state index in [0.717, 1.165) is 32.1 Å². The van der Waals surface area contributed by atoms with Gasteiger partial charge in [0.15, 0.2) is 0 Å². The summed E-state index contributed by atoms with van der Waals surface area (Å²) in [7, 11) is 0. The Hall–Kier alpha value is -1.35. The molecule has 2 N–H and O–H groups in total. The number of aliphatic carboxylic acids is 1. The zero-order chi connectivity index (χ0) is 23.4. The van der Waals surface area contributed by atoms with Crippen molar-refractivity contribution in [2.75, 3.05) is 0 Å². The lowest BCUT2D eigenvalue weighted by molar-refractivity contribution is -0.174. The van der Waals surface area contributed by atoms with Crippen molar-refractivity contribution in [3.8, 4) is 0 Å². The highest BCUT2D eigenvalue weighted by atomic mass is 16.4. The molecule has 2 fully saturated rings. The van der Waals surface area contributed by atoms with Gasteiger partial charge >= 0.3 is 5.97 Å². The van der Waals surface area contributed by atoms with Crippen LogP contribution in [0.5, 0.6) is 0 Å². The van der Waals surface area contributed by atoms with Crippen molar-refractivity contribution in [1.29, 1.82) is 0 Å². The van der Waals surface area contributed by atoms with Gasteiger partial charge in [-0.25, -0.2) is 0 Å². The lowest BCUT2D eigenvalue weighted by Crippen LogP contribution is -2.57. The molecule has 0 saturated heterocycles. The third kappa shape index (κ3) is 3.54. The van der Waals surface area contributed by atoms with Gasteiger partial charge in [-0.05, 0) is 114 Å². The van der Waals surface area contributed by atoms with Gasteiger partial charge in [-0.1, -0.05) is 48.8 Å². The Morgan fingerprint density at radius 3 is 2.56 bits per heavy atom. The van der Waals surface area contributed by atoms with E-state index >= 15 is 0 Å². The number of fused-ring (bicyclic) bond motifs is 4. The molecule has 4 aliphatic rings. The molecule has 0 aliphatic heterocycles. The van der Waals surface area contributed by atoms with Gasteiger partial charge < -0.3 is 10.2 Å². The highest BCUT2D eigenvalue weighted by molar-refractivity contribution is 5.76. The van der Waals surface area contributed by atoms with Gasteiger partial charge in [-0.2, -0.15) is 0 Å². The van der Waals surface area contributed by atoms with Crippen molar-refractivity contribution >= 4 is 5.97 Å². The van der Waals surface area contributed by atoms with Crippen LogP contribution in [0, 0.1) is 40.4 Å². The Bertz CT molecular complexity index is 846. The molecular weight excluding hydrogens is 396 g/mol. The van der Waals surface area contributed by atoms with Crippen LogP contribution in [-0.4, -0.2) is 22.3 Å². The number of hydrogen-bond acceptors (Lipinski definition) is 2. The summed E-state index contributed by atoms with van der Waals surface area (Å²) in [6, 6.07) is 0. The van der Waals surface area contributed by atoms with E-state index in [1.807, 2.05) is 0 Å². The number of aliphatic hydroxyl groups excluding tert-OH is 1. The second-order valence-electron chi connectivity index (χ2n) is 12.2. The van der Waals surface area contributed by atoms with Crippen LogP contribution in [0.3, 0.4) is 0 Å². The lowest BCUT2D eigenvalue weighted by Gasteiger charge is -2.55.